The fourth-order valence-corrected chi connectivity index (χ4v) is 1.63. The van der Waals surface area contributed by atoms with Gasteiger partial charge in [0, 0.05) is 24.0 Å². The molecule has 1 heterocycles. The Hall–Kier alpha value is -1.48. The van der Waals surface area contributed by atoms with Gasteiger partial charge < -0.3 is 4.74 Å². The van der Waals surface area contributed by atoms with Gasteiger partial charge in [0.05, 0.1) is 18.7 Å². The molecule has 1 aromatic carbocycles. The Morgan fingerprint density at radius 1 is 1.47 bits per heavy atom. The maximum absolute atomic E-state index is 5.79. The van der Waals surface area contributed by atoms with E-state index in [0.29, 0.717) is 5.88 Å². The van der Waals surface area contributed by atoms with Crippen molar-refractivity contribution in [2.75, 3.05) is 7.11 Å². The molecule has 0 N–H and O–H groups in total. The van der Waals surface area contributed by atoms with Crippen LogP contribution in [0.3, 0.4) is 0 Å². The molecule has 0 unspecified atom stereocenters. The number of methoxy groups -OCH3 is 1. The van der Waals surface area contributed by atoms with Crippen molar-refractivity contribution in [3.63, 3.8) is 0 Å². The number of hydrogen-bond donors (Lipinski definition) is 0. The van der Waals surface area contributed by atoms with Crippen LogP contribution in [-0.4, -0.2) is 16.9 Å². The molecule has 0 spiro atoms. The molecule has 0 saturated carbocycles. The summed E-state index contributed by atoms with van der Waals surface area (Å²) in [5.41, 5.74) is 1.95. The van der Waals surface area contributed by atoms with Crippen LogP contribution in [0.25, 0.3) is 5.69 Å². The van der Waals surface area contributed by atoms with Crippen LogP contribution >= 0.6 is 11.6 Å². The molecular formula is C11H11ClN2O. The molecule has 0 fully saturated rings. The smallest absolute Gasteiger partial charge is 0.125 e. The van der Waals surface area contributed by atoms with Gasteiger partial charge in [0.25, 0.3) is 0 Å². The molecule has 0 atom stereocenters. The second-order valence-corrected chi connectivity index (χ2v) is 3.35. The topological polar surface area (TPSA) is 27.1 Å². The summed E-state index contributed by atoms with van der Waals surface area (Å²) < 4.78 is 7.03. The van der Waals surface area contributed by atoms with Crippen molar-refractivity contribution in [3.8, 4) is 11.4 Å². The Labute approximate surface area is 93.2 Å². The van der Waals surface area contributed by atoms with E-state index < -0.39 is 0 Å². The van der Waals surface area contributed by atoms with Crippen LogP contribution in [-0.2, 0) is 5.88 Å². The highest BCUT2D eigenvalue weighted by Crippen LogP contribution is 2.23. The third-order valence-electron chi connectivity index (χ3n) is 2.18. The third kappa shape index (κ3) is 1.97. The molecule has 2 rings (SSSR count). The lowest BCUT2D eigenvalue weighted by atomic mass is 10.2. The van der Waals surface area contributed by atoms with Crippen LogP contribution in [0, 0.1) is 0 Å². The molecule has 0 aliphatic heterocycles. The van der Waals surface area contributed by atoms with Gasteiger partial charge in [0.15, 0.2) is 0 Å². The van der Waals surface area contributed by atoms with Crippen molar-refractivity contribution in [2.45, 2.75) is 5.88 Å². The summed E-state index contributed by atoms with van der Waals surface area (Å²) in [6, 6.07) is 7.71. The zero-order chi connectivity index (χ0) is 10.7. The average Bonchev–Trinajstić information content (AvgIpc) is 2.81. The second kappa shape index (κ2) is 4.36. The fraction of sp³-hybridized carbons (Fsp3) is 0.182. The summed E-state index contributed by atoms with van der Waals surface area (Å²) >= 11 is 5.79. The Morgan fingerprint density at radius 3 is 2.93 bits per heavy atom. The van der Waals surface area contributed by atoms with Gasteiger partial charge in [-0.15, -0.1) is 11.6 Å². The first-order chi connectivity index (χ1) is 7.35. The number of alkyl halides is 1. The number of aromatic nitrogens is 2. The van der Waals surface area contributed by atoms with Gasteiger partial charge in [-0.25, -0.2) is 4.68 Å². The van der Waals surface area contributed by atoms with Crippen molar-refractivity contribution >= 4 is 11.6 Å². The van der Waals surface area contributed by atoms with Crippen molar-refractivity contribution in [1.29, 1.82) is 0 Å². The number of benzene rings is 1. The summed E-state index contributed by atoms with van der Waals surface area (Å²) in [7, 11) is 1.64. The number of halogens is 1. The number of hydrogen-bond acceptors (Lipinski definition) is 2. The summed E-state index contributed by atoms with van der Waals surface area (Å²) in [5, 5.41) is 4.15. The van der Waals surface area contributed by atoms with E-state index >= 15 is 0 Å². The van der Waals surface area contributed by atoms with E-state index in [2.05, 4.69) is 5.10 Å². The molecule has 15 heavy (non-hydrogen) atoms. The molecule has 2 aromatic rings. The Bertz CT molecular complexity index is 440. The third-order valence-corrected chi connectivity index (χ3v) is 2.47. The van der Waals surface area contributed by atoms with E-state index in [-0.39, 0.29) is 0 Å². The lowest BCUT2D eigenvalue weighted by Gasteiger charge is -2.08. The predicted molar refractivity (Wildman–Crippen MR) is 59.7 cm³/mol. The largest absolute Gasteiger partial charge is 0.496 e. The highest BCUT2D eigenvalue weighted by Gasteiger charge is 2.04. The van der Waals surface area contributed by atoms with Crippen molar-refractivity contribution in [1.82, 2.24) is 9.78 Å². The van der Waals surface area contributed by atoms with Gasteiger partial charge in [-0.3, -0.25) is 0 Å². The number of rotatable bonds is 3. The Morgan fingerprint density at radius 2 is 2.33 bits per heavy atom. The maximum atomic E-state index is 5.79. The molecule has 0 bridgehead atoms. The van der Waals surface area contributed by atoms with Crippen LogP contribution < -0.4 is 4.74 Å². The molecule has 3 nitrogen and oxygen atoms in total. The van der Waals surface area contributed by atoms with Gasteiger partial charge >= 0.3 is 0 Å². The number of nitrogens with zero attached hydrogens (tertiary/aromatic N) is 2. The van der Waals surface area contributed by atoms with Gasteiger partial charge in [-0.2, -0.15) is 5.10 Å². The van der Waals surface area contributed by atoms with E-state index in [1.54, 1.807) is 18.0 Å². The molecule has 1 aromatic heterocycles. The first-order valence-electron chi connectivity index (χ1n) is 4.58. The SMILES string of the molecule is COc1cc(-n2cccn2)ccc1CCl. The molecule has 0 radical (unpaired) electrons. The minimum atomic E-state index is 0.447. The van der Waals surface area contributed by atoms with E-state index in [4.69, 9.17) is 16.3 Å². The van der Waals surface area contributed by atoms with Crippen LogP contribution in [0.1, 0.15) is 5.56 Å². The molecule has 4 heteroatoms. The molecule has 0 saturated heterocycles. The van der Waals surface area contributed by atoms with E-state index in [0.717, 1.165) is 17.0 Å². The van der Waals surface area contributed by atoms with E-state index in [9.17, 15) is 0 Å². The molecule has 0 amide bonds. The monoisotopic (exact) mass is 222 g/mol. The second-order valence-electron chi connectivity index (χ2n) is 3.08. The average molecular weight is 223 g/mol. The normalized spacial score (nSPS) is 10.3. The molecule has 78 valence electrons. The van der Waals surface area contributed by atoms with E-state index in [1.165, 1.54) is 0 Å². The highest BCUT2D eigenvalue weighted by molar-refractivity contribution is 6.17. The van der Waals surface area contributed by atoms with Crippen LogP contribution in [0.2, 0.25) is 0 Å². The van der Waals surface area contributed by atoms with Gasteiger partial charge in [-0.1, -0.05) is 6.07 Å². The van der Waals surface area contributed by atoms with Gasteiger partial charge in [0.1, 0.15) is 5.75 Å². The van der Waals surface area contributed by atoms with E-state index in [1.807, 2.05) is 30.5 Å². The first kappa shape index (κ1) is 10.1. The zero-order valence-electron chi connectivity index (χ0n) is 8.35. The van der Waals surface area contributed by atoms with Crippen molar-refractivity contribution < 1.29 is 4.74 Å². The summed E-state index contributed by atoms with van der Waals surface area (Å²) in [6.07, 6.45) is 3.62. The van der Waals surface area contributed by atoms with Crippen molar-refractivity contribution in [2.24, 2.45) is 0 Å². The highest BCUT2D eigenvalue weighted by atomic mass is 35.5. The standard InChI is InChI=1S/C11H11ClN2O/c1-15-11-7-10(4-3-9(11)8-12)14-6-2-5-13-14/h2-7H,8H2,1H3. The Kier molecular flexibility index (Phi) is 2.92. The van der Waals surface area contributed by atoms with Crippen LogP contribution in [0.5, 0.6) is 5.75 Å². The molecule has 0 aliphatic rings. The molecule has 0 aliphatic carbocycles. The van der Waals surface area contributed by atoms with Gasteiger partial charge in [0.2, 0.25) is 0 Å². The van der Waals surface area contributed by atoms with Gasteiger partial charge in [-0.05, 0) is 12.1 Å². The summed E-state index contributed by atoms with van der Waals surface area (Å²) in [6.45, 7) is 0. The Balaban J connectivity index is 2.43. The zero-order valence-corrected chi connectivity index (χ0v) is 9.11. The lowest BCUT2D eigenvalue weighted by molar-refractivity contribution is 0.411. The van der Waals surface area contributed by atoms with Crippen LogP contribution in [0.15, 0.2) is 36.7 Å². The fourth-order valence-electron chi connectivity index (χ4n) is 1.41. The first-order valence-corrected chi connectivity index (χ1v) is 5.11. The minimum absolute atomic E-state index is 0.447. The van der Waals surface area contributed by atoms with Crippen LogP contribution in [0.4, 0.5) is 0 Å². The number of ether oxygens (including phenoxy) is 1. The minimum Gasteiger partial charge on any atom is -0.496 e. The summed E-state index contributed by atoms with van der Waals surface area (Å²) in [5.74, 6) is 1.24. The molecular weight excluding hydrogens is 212 g/mol. The maximum Gasteiger partial charge on any atom is 0.125 e. The summed E-state index contributed by atoms with van der Waals surface area (Å²) in [4.78, 5) is 0. The quantitative estimate of drug-likeness (QED) is 0.747. The lowest BCUT2D eigenvalue weighted by Crippen LogP contribution is -1.97. The predicted octanol–water partition coefficient (Wildman–Crippen LogP) is 2.62. The van der Waals surface area contributed by atoms with Crippen molar-refractivity contribution in [3.05, 3.63) is 42.2 Å².